The number of carbonyl (C=O) groups is 1. The molecule has 0 saturated carbocycles. The average molecular weight is 258 g/mol. The minimum Gasteiger partial charge on any atom is -0.396 e. The molecule has 0 spiro atoms. The van der Waals surface area contributed by atoms with Gasteiger partial charge in [0.05, 0.1) is 13.2 Å². The van der Waals surface area contributed by atoms with Crippen molar-refractivity contribution in [2.45, 2.75) is 9.79 Å². The Labute approximate surface area is 103 Å². The molecule has 3 nitrogen and oxygen atoms in total. The normalized spacial score (nSPS) is 10.4. The van der Waals surface area contributed by atoms with E-state index in [2.05, 4.69) is 0 Å². The Morgan fingerprint density at radius 1 is 1.12 bits per heavy atom. The Morgan fingerprint density at radius 3 is 2.44 bits per heavy atom. The van der Waals surface area contributed by atoms with Gasteiger partial charge in [0, 0.05) is 26.9 Å². The van der Waals surface area contributed by atoms with Gasteiger partial charge in [-0.15, -0.1) is 23.5 Å². The van der Waals surface area contributed by atoms with Gasteiger partial charge in [0.1, 0.15) is 0 Å². The predicted molar refractivity (Wildman–Crippen MR) is 67.4 cm³/mol. The lowest BCUT2D eigenvalue weighted by molar-refractivity contribution is 0.112. The molecule has 0 saturated heterocycles. The number of aldehydes is 1. The number of hydrogen-bond acceptors (Lipinski definition) is 5. The van der Waals surface area contributed by atoms with Crippen molar-refractivity contribution in [3.8, 4) is 0 Å². The highest BCUT2D eigenvalue weighted by Crippen LogP contribution is 2.27. The summed E-state index contributed by atoms with van der Waals surface area (Å²) in [6.45, 7) is 0.232. The van der Waals surface area contributed by atoms with Gasteiger partial charge in [0.25, 0.3) is 0 Å². The molecule has 0 fully saturated rings. The van der Waals surface area contributed by atoms with Crippen molar-refractivity contribution in [2.75, 3.05) is 24.7 Å². The Bertz CT molecular complexity index is 342. The number of carbonyl (C=O) groups excluding carboxylic acids is 1. The molecule has 1 aromatic rings. The third-order valence-corrected chi connectivity index (χ3v) is 3.85. The molecule has 0 aromatic heterocycles. The van der Waals surface area contributed by atoms with Crippen LogP contribution in [-0.2, 0) is 0 Å². The second kappa shape index (κ2) is 7.73. The molecule has 88 valence electrons. The second-order valence-corrected chi connectivity index (χ2v) is 5.27. The van der Waals surface area contributed by atoms with Crippen molar-refractivity contribution >= 4 is 29.8 Å². The molecule has 0 amide bonds. The van der Waals surface area contributed by atoms with E-state index in [-0.39, 0.29) is 13.2 Å². The second-order valence-electron chi connectivity index (χ2n) is 2.96. The minimum atomic E-state index is 0.0942. The highest BCUT2D eigenvalue weighted by molar-refractivity contribution is 8.00. The van der Waals surface area contributed by atoms with E-state index in [0.717, 1.165) is 16.1 Å². The lowest BCUT2D eigenvalue weighted by atomic mass is 10.2. The summed E-state index contributed by atoms with van der Waals surface area (Å²) in [4.78, 5) is 12.7. The van der Waals surface area contributed by atoms with Crippen LogP contribution in [0.25, 0.3) is 0 Å². The van der Waals surface area contributed by atoms with Crippen LogP contribution in [0.3, 0.4) is 0 Å². The number of benzene rings is 1. The quantitative estimate of drug-likeness (QED) is 0.575. The summed E-state index contributed by atoms with van der Waals surface area (Å²) in [6, 6.07) is 5.56. The fraction of sp³-hybridized carbons (Fsp3) is 0.364. The molecule has 0 bridgehead atoms. The van der Waals surface area contributed by atoms with E-state index in [1.54, 1.807) is 17.8 Å². The van der Waals surface area contributed by atoms with E-state index in [1.807, 2.05) is 12.1 Å². The molecule has 1 aromatic carbocycles. The summed E-state index contributed by atoms with van der Waals surface area (Å²) >= 11 is 3.01. The summed E-state index contributed by atoms with van der Waals surface area (Å²) in [5.74, 6) is 1.22. The lowest BCUT2D eigenvalue weighted by Gasteiger charge is -2.06. The topological polar surface area (TPSA) is 57.5 Å². The Hall–Kier alpha value is -0.490. The monoisotopic (exact) mass is 258 g/mol. The van der Waals surface area contributed by atoms with Crippen molar-refractivity contribution in [3.05, 3.63) is 23.8 Å². The summed E-state index contributed by atoms with van der Waals surface area (Å²) in [7, 11) is 0. The van der Waals surface area contributed by atoms with Gasteiger partial charge in [-0.05, 0) is 18.2 Å². The molecule has 0 heterocycles. The first-order valence-electron chi connectivity index (χ1n) is 4.88. The van der Waals surface area contributed by atoms with Crippen LogP contribution in [0, 0.1) is 0 Å². The number of thioether (sulfide) groups is 2. The minimum absolute atomic E-state index is 0.0942. The van der Waals surface area contributed by atoms with Crippen LogP contribution in [0.5, 0.6) is 0 Å². The van der Waals surface area contributed by atoms with Gasteiger partial charge in [0.2, 0.25) is 0 Å². The molecule has 0 radical (unpaired) electrons. The molecular formula is C11H14O3S2. The molecule has 0 aliphatic heterocycles. The van der Waals surface area contributed by atoms with Crippen LogP contribution in [-0.4, -0.2) is 41.2 Å². The van der Waals surface area contributed by atoms with Crippen molar-refractivity contribution in [1.82, 2.24) is 0 Å². The number of rotatable bonds is 7. The van der Waals surface area contributed by atoms with Gasteiger partial charge in [0.15, 0.2) is 6.29 Å². The molecule has 5 heteroatoms. The molecule has 0 aliphatic rings. The van der Waals surface area contributed by atoms with Gasteiger partial charge in [-0.1, -0.05) is 0 Å². The third kappa shape index (κ3) is 4.17. The molecule has 0 atom stereocenters. The SMILES string of the molecule is O=Cc1ccc(SCCO)cc1SCCO. The van der Waals surface area contributed by atoms with Crippen molar-refractivity contribution in [2.24, 2.45) is 0 Å². The van der Waals surface area contributed by atoms with E-state index in [9.17, 15) is 4.79 Å². The van der Waals surface area contributed by atoms with Crippen molar-refractivity contribution in [1.29, 1.82) is 0 Å². The summed E-state index contributed by atoms with van der Waals surface area (Å²) in [6.07, 6.45) is 0.820. The van der Waals surface area contributed by atoms with Gasteiger partial charge >= 0.3 is 0 Å². The van der Waals surface area contributed by atoms with E-state index in [1.165, 1.54) is 11.8 Å². The molecule has 1 rings (SSSR count). The number of aliphatic hydroxyl groups is 2. The van der Waals surface area contributed by atoms with Gasteiger partial charge in [-0.2, -0.15) is 0 Å². The molecule has 0 aliphatic carbocycles. The lowest BCUT2D eigenvalue weighted by Crippen LogP contribution is -1.92. The zero-order valence-electron chi connectivity index (χ0n) is 8.76. The molecule has 0 unspecified atom stereocenters. The first-order valence-corrected chi connectivity index (χ1v) is 6.85. The largest absolute Gasteiger partial charge is 0.396 e. The maximum Gasteiger partial charge on any atom is 0.151 e. The van der Waals surface area contributed by atoms with Gasteiger partial charge in [-0.3, -0.25) is 4.79 Å². The van der Waals surface area contributed by atoms with Crippen molar-refractivity contribution in [3.63, 3.8) is 0 Å². The third-order valence-electron chi connectivity index (χ3n) is 1.82. The number of hydrogen-bond donors (Lipinski definition) is 2. The van der Waals surface area contributed by atoms with Crippen LogP contribution in [0.1, 0.15) is 10.4 Å². The van der Waals surface area contributed by atoms with Crippen LogP contribution < -0.4 is 0 Å². The van der Waals surface area contributed by atoms with E-state index in [4.69, 9.17) is 10.2 Å². The van der Waals surface area contributed by atoms with Crippen LogP contribution >= 0.6 is 23.5 Å². The van der Waals surface area contributed by atoms with Gasteiger partial charge < -0.3 is 10.2 Å². The zero-order chi connectivity index (χ0) is 11.8. The highest BCUT2D eigenvalue weighted by atomic mass is 32.2. The van der Waals surface area contributed by atoms with E-state index < -0.39 is 0 Å². The Morgan fingerprint density at radius 2 is 1.81 bits per heavy atom. The fourth-order valence-corrected chi connectivity index (χ4v) is 2.72. The van der Waals surface area contributed by atoms with E-state index in [0.29, 0.717) is 17.1 Å². The van der Waals surface area contributed by atoms with Crippen LogP contribution in [0.15, 0.2) is 28.0 Å². The predicted octanol–water partition coefficient (Wildman–Crippen LogP) is 1.67. The maximum atomic E-state index is 10.8. The molecule has 16 heavy (non-hydrogen) atoms. The number of aliphatic hydroxyl groups excluding tert-OH is 2. The first-order chi connectivity index (χ1) is 7.81. The summed E-state index contributed by atoms with van der Waals surface area (Å²) < 4.78 is 0. The van der Waals surface area contributed by atoms with Crippen LogP contribution in [0.2, 0.25) is 0 Å². The molecular weight excluding hydrogens is 244 g/mol. The van der Waals surface area contributed by atoms with Gasteiger partial charge in [-0.25, -0.2) is 0 Å². The highest BCUT2D eigenvalue weighted by Gasteiger charge is 2.04. The average Bonchev–Trinajstić information content (AvgIpc) is 2.33. The summed E-state index contributed by atoms with van der Waals surface area (Å²) in [5.41, 5.74) is 0.645. The fourth-order valence-electron chi connectivity index (χ4n) is 1.15. The van der Waals surface area contributed by atoms with E-state index >= 15 is 0 Å². The standard InChI is InChI=1S/C11H14O3S2/c12-3-5-15-10-2-1-9(8-14)11(7-10)16-6-4-13/h1-2,7-8,12-13H,3-6H2. The summed E-state index contributed by atoms with van der Waals surface area (Å²) in [5, 5.41) is 17.5. The Kier molecular flexibility index (Phi) is 6.56. The van der Waals surface area contributed by atoms with Crippen LogP contribution in [0.4, 0.5) is 0 Å². The molecule has 2 N–H and O–H groups in total. The van der Waals surface area contributed by atoms with Crippen molar-refractivity contribution < 1.29 is 15.0 Å². The smallest absolute Gasteiger partial charge is 0.151 e. The zero-order valence-corrected chi connectivity index (χ0v) is 10.4. The maximum absolute atomic E-state index is 10.8. The first kappa shape index (κ1) is 13.6. The Balaban J connectivity index is 2.78.